The van der Waals surface area contributed by atoms with Gasteiger partial charge in [0.25, 0.3) is 0 Å². The summed E-state index contributed by atoms with van der Waals surface area (Å²) in [7, 11) is 0. The van der Waals surface area contributed by atoms with Crippen LogP contribution in [0.1, 0.15) is 42.5 Å². The van der Waals surface area contributed by atoms with Gasteiger partial charge < -0.3 is 10.2 Å². The Balaban J connectivity index is 1.34. The van der Waals surface area contributed by atoms with Gasteiger partial charge in [0.1, 0.15) is 0 Å². The number of hydrogen-bond acceptors (Lipinski definition) is 4. The second kappa shape index (κ2) is 8.82. The molecule has 3 aromatic rings. The molecule has 0 saturated carbocycles. The van der Waals surface area contributed by atoms with Crippen LogP contribution in [0, 0.1) is 19.8 Å². The number of carbonyl (C=O) groups excluding carboxylic acids is 1. The standard InChI is InChI=1S/C25H30N4O/c1-17-9-10-23-22(15-17)19(3)27-25(28-23)29-13-11-21(12-14-29)24(30)26-16-18(2)20-7-5-4-6-8-20/h4-10,15,18,21H,11-14,16H2,1-3H3,(H,26,30). The number of benzene rings is 2. The van der Waals surface area contributed by atoms with E-state index < -0.39 is 0 Å². The number of nitrogens with zero attached hydrogens (tertiary/aromatic N) is 3. The van der Waals surface area contributed by atoms with Crippen molar-refractivity contribution in [2.75, 3.05) is 24.5 Å². The molecule has 0 radical (unpaired) electrons. The number of anilines is 1. The van der Waals surface area contributed by atoms with Gasteiger partial charge in [0.2, 0.25) is 11.9 Å². The third kappa shape index (κ3) is 4.45. The fraction of sp³-hybridized carbons (Fsp3) is 0.400. The van der Waals surface area contributed by atoms with E-state index in [0.717, 1.165) is 48.5 Å². The highest BCUT2D eigenvalue weighted by atomic mass is 16.1. The lowest BCUT2D eigenvalue weighted by Gasteiger charge is -2.31. The van der Waals surface area contributed by atoms with Gasteiger partial charge in [-0.25, -0.2) is 9.97 Å². The minimum absolute atomic E-state index is 0.0634. The fourth-order valence-corrected chi connectivity index (χ4v) is 4.16. The Morgan fingerprint density at radius 1 is 1.10 bits per heavy atom. The SMILES string of the molecule is Cc1ccc2nc(N3CCC(C(=O)NCC(C)c4ccccc4)CC3)nc(C)c2c1. The number of aryl methyl sites for hydroxylation is 2. The number of aromatic nitrogens is 2. The van der Waals surface area contributed by atoms with Gasteiger partial charge in [-0.15, -0.1) is 0 Å². The zero-order valence-electron chi connectivity index (χ0n) is 18.1. The maximum Gasteiger partial charge on any atom is 0.226 e. The van der Waals surface area contributed by atoms with Crippen LogP contribution in [-0.4, -0.2) is 35.5 Å². The van der Waals surface area contributed by atoms with E-state index in [2.05, 4.69) is 54.4 Å². The number of rotatable bonds is 5. The van der Waals surface area contributed by atoms with Gasteiger partial charge in [-0.1, -0.05) is 48.9 Å². The van der Waals surface area contributed by atoms with Crippen molar-refractivity contribution in [3.8, 4) is 0 Å². The van der Waals surface area contributed by atoms with Gasteiger partial charge in [0.05, 0.1) is 11.2 Å². The number of amides is 1. The zero-order chi connectivity index (χ0) is 21.1. The first-order valence-electron chi connectivity index (χ1n) is 10.8. The van der Waals surface area contributed by atoms with Crippen LogP contribution >= 0.6 is 0 Å². The molecule has 1 aliphatic heterocycles. The van der Waals surface area contributed by atoms with Gasteiger partial charge in [-0.3, -0.25) is 4.79 Å². The third-order valence-electron chi connectivity index (χ3n) is 6.13. The van der Waals surface area contributed by atoms with Crippen LogP contribution in [-0.2, 0) is 4.79 Å². The number of carbonyl (C=O) groups is 1. The quantitative estimate of drug-likeness (QED) is 0.688. The van der Waals surface area contributed by atoms with Crippen LogP contribution in [0.5, 0.6) is 0 Å². The highest BCUT2D eigenvalue weighted by Gasteiger charge is 2.26. The van der Waals surface area contributed by atoms with Gasteiger partial charge >= 0.3 is 0 Å². The molecule has 1 amide bonds. The minimum Gasteiger partial charge on any atom is -0.355 e. The van der Waals surface area contributed by atoms with Crippen molar-refractivity contribution in [3.63, 3.8) is 0 Å². The lowest BCUT2D eigenvalue weighted by molar-refractivity contribution is -0.125. The molecule has 1 atom stereocenters. The van der Waals surface area contributed by atoms with Crippen LogP contribution < -0.4 is 10.2 Å². The van der Waals surface area contributed by atoms with Crippen LogP contribution in [0.3, 0.4) is 0 Å². The van der Waals surface area contributed by atoms with Crippen molar-refractivity contribution in [1.82, 2.24) is 15.3 Å². The van der Waals surface area contributed by atoms with Gasteiger partial charge in [-0.2, -0.15) is 0 Å². The maximum atomic E-state index is 12.7. The van der Waals surface area contributed by atoms with Crippen molar-refractivity contribution in [3.05, 3.63) is 65.4 Å². The molecule has 2 aromatic carbocycles. The summed E-state index contributed by atoms with van der Waals surface area (Å²) < 4.78 is 0. The Morgan fingerprint density at radius 3 is 2.57 bits per heavy atom. The zero-order valence-corrected chi connectivity index (χ0v) is 18.1. The van der Waals surface area contributed by atoms with Crippen molar-refractivity contribution in [1.29, 1.82) is 0 Å². The van der Waals surface area contributed by atoms with Gasteiger partial charge in [0.15, 0.2) is 0 Å². The summed E-state index contributed by atoms with van der Waals surface area (Å²) in [5, 5.41) is 4.27. The van der Waals surface area contributed by atoms with Gasteiger partial charge in [-0.05, 0) is 50.3 Å². The maximum absolute atomic E-state index is 12.7. The molecule has 1 aliphatic rings. The summed E-state index contributed by atoms with van der Waals surface area (Å²) in [6.07, 6.45) is 1.67. The third-order valence-corrected chi connectivity index (χ3v) is 6.13. The van der Waals surface area contributed by atoms with E-state index >= 15 is 0 Å². The van der Waals surface area contributed by atoms with Crippen molar-refractivity contribution in [2.24, 2.45) is 5.92 Å². The smallest absolute Gasteiger partial charge is 0.226 e. The fourth-order valence-electron chi connectivity index (χ4n) is 4.16. The number of fused-ring (bicyclic) bond motifs is 1. The normalized spacial score (nSPS) is 15.9. The number of piperidine rings is 1. The first-order chi connectivity index (χ1) is 14.5. The molecule has 5 nitrogen and oxygen atoms in total. The van der Waals surface area contributed by atoms with Crippen molar-refractivity contribution < 1.29 is 4.79 Å². The summed E-state index contributed by atoms with van der Waals surface area (Å²) >= 11 is 0. The van der Waals surface area contributed by atoms with E-state index in [0.29, 0.717) is 12.5 Å². The molecule has 2 heterocycles. The Kier molecular flexibility index (Phi) is 5.98. The molecule has 156 valence electrons. The molecule has 0 aliphatic carbocycles. The topological polar surface area (TPSA) is 58.1 Å². The molecule has 4 rings (SSSR count). The van der Waals surface area contributed by atoms with Crippen LogP contribution in [0.25, 0.3) is 10.9 Å². The summed E-state index contributed by atoms with van der Waals surface area (Å²) in [4.78, 5) is 24.4. The Hall–Kier alpha value is -2.95. The van der Waals surface area contributed by atoms with E-state index in [1.807, 2.05) is 25.1 Å². The Bertz CT molecular complexity index is 1030. The van der Waals surface area contributed by atoms with E-state index in [9.17, 15) is 4.79 Å². The summed E-state index contributed by atoms with van der Waals surface area (Å²) in [6.45, 7) is 8.57. The number of nitrogens with one attached hydrogen (secondary N) is 1. The Morgan fingerprint density at radius 2 is 1.83 bits per heavy atom. The predicted molar refractivity (Wildman–Crippen MR) is 122 cm³/mol. The average molecular weight is 403 g/mol. The van der Waals surface area contributed by atoms with Crippen molar-refractivity contribution in [2.45, 2.75) is 39.5 Å². The molecule has 1 fully saturated rings. The van der Waals surface area contributed by atoms with Crippen LogP contribution in [0.4, 0.5) is 5.95 Å². The van der Waals surface area contributed by atoms with Gasteiger partial charge in [0, 0.05) is 30.9 Å². The second-order valence-corrected chi connectivity index (χ2v) is 8.45. The monoisotopic (exact) mass is 402 g/mol. The highest BCUT2D eigenvalue weighted by Crippen LogP contribution is 2.25. The molecule has 0 bridgehead atoms. The predicted octanol–water partition coefficient (Wildman–Crippen LogP) is 4.38. The van der Waals surface area contributed by atoms with E-state index in [1.54, 1.807) is 0 Å². The molecule has 1 N–H and O–H groups in total. The summed E-state index contributed by atoms with van der Waals surface area (Å²) in [5.41, 5.74) is 4.47. The van der Waals surface area contributed by atoms with E-state index in [1.165, 1.54) is 11.1 Å². The van der Waals surface area contributed by atoms with E-state index in [4.69, 9.17) is 9.97 Å². The van der Waals surface area contributed by atoms with Crippen molar-refractivity contribution >= 4 is 22.8 Å². The lowest BCUT2D eigenvalue weighted by Crippen LogP contribution is -2.42. The Labute approximate surface area is 178 Å². The second-order valence-electron chi connectivity index (χ2n) is 8.45. The molecular weight excluding hydrogens is 372 g/mol. The van der Waals surface area contributed by atoms with E-state index in [-0.39, 0.29) is 11.8 Å². The first-order valence-corrected chi connectivity index (χ1v) is 10.8. The summed E-state index contributed by atoms with van der Waals surface area (Å²) in [5.74, 6) is 1.32. The molecule has 1 saturated heterocycles. The molecular formula is C25H30N4O. The molecule has 30 heavy (non-hydrogen) atoms. The molecule has 1 aromatic heterocycles. The van der Waals surface area contributed by atoms with Crippen LogP contribution in [0.15, 0.2) is 48.5 Å². The summed E-state index contributed by atoms with van der Waals surface area (Å²) in [6, 6.07) is 16.6. The molecule has 5 heteroatoms. The largest absolute Gasteiger partial charge is 0.355 e. The lowest BCUT2D eigenvalue weighted by atomic mass is 9.95. The average Bonchev–Trinajstić information content (AvgIpc) is 2.78. The molecule has 0 spiro atoms. The van der Waals surface area contributed by atoms with Crippen LogP contribution in [0.2, 0.25) is 0 Å². The molecule has 1 unspecified atom stereocenters. The first kappa shape index (κ1) is 20.3. The number of hydrogen-bond donors (Lipinski definition) is 1. The highest BCUT2D eigenvalue weighted by molar-refractivity contribution is 5.82. The minimum atomic E-state index is 0.0634.